The fourth-order valence-electron chi connectivity index (χ4n) is 2.20. The Morgan fingerprint density at radius 2 is 1.63 bits per heavy atom. The normalized spacial score (nSPS) is 10.6. The van der Waals surface area contributed by atoms with Gasteiger partial charge < -0.3 is 10.0 Å². The summed E-state index contributed by atoms with van der Waals surface area (Å²) in [6, 6.07) is 17.1. The topological polar surface area (TPSA) is 53.4 Å². The zero-order valence-electron chi connectivity index (χ0n) is 10.2. The molecule has 92 valence electrons. The summed E-state index contributed by atoms with van der Waals surface area (Å²) < 4.78 is 0. The summed E-state index contributed by atoms with van der Waals surface area (Å²) in [6.45, 7) is 0. The molecule has 0 aliphatic heterocycles. The van der Waals surface area contributed by atoms with Crippen molar-refractivity contribution < 1.29 is 10.0 Å². The van der Waals surface area contributed by atoms with Gasteiger partial charge in [0.15, 0.2) is 0 Å². The van der Waals surface area contributed by atoms with Crippen LogP contribution in [-0.2, 0) is 0 Å². The third-order valence-electron chi connectivity index (χ3n) is 3.14. The zero-order valence-corrected chi connectivity index (χ0v) is 10.2. The number of para-hydroxylation sites is 1. The van der Waals surface area contributed by atoms with Crippen LogP contribution in [0.25, 0.3) is 22.0 Å². The van der Waals surface area contributed by atoms with Gasteiger partial charge in [-0.05, 0) is 23.2 Å². The molecule has 3 nitrogen and oxygen atoms in total. The van der Waals surface area contributed by atoms with Gasteiger partial charge in [0.1, 0.15) is 0 Å². The number of fused-ring (bicyclic) bond motifs is 1. The fraction of sp³-hybridized carbons (Fsp3) is 0. The van der Waals surface area contributed by atoms with E-state index in [9.17, 15) is 10.0 Å². The number of aromatic nitrogens is 1. The van der Waals surface area contributed by atoms with Crippen molar-refractivity contribution in [2.45, 2.75) is 0 Å². The van der Waals surface area contributed by atoms with Gasteiger partial charge in [0.2, 0.25) is 0 Å². The van der Waals surface area contributed by atoms with E-state index in [-0.39, 0.29) is 0 Å². The summed E-state index contributed by atoms with van der Waals surface area (Å²) in [6.07, 6.45) is 1.75. The largest absolute Gasteiger partial charge is 0.489 e. The molecule has 3 rings (SSSR count). The van der Waals surface area contributed by atoms with Crippen molar-refractivity contribution in [2.75, 3.05) is 0 Å². The number of nitrogens with zero attached hydrogens (tertiary/aromatic N) is 1. The molecule has 0 spiro atoms. The third kappa shape index (κ3) is 2.23. The van der Waals surface area contributed by atoms with Gasteiger partial charge in [-0.15, -0.1) is 0 Å². The monoisotopic (exact) mass is 249 g/mol. The number of hydrogen-bond acceptors (Lipinski definition) is 3. The molecule has 0 saturated carbocycles. The molecule has 2 aromatic carbocycles. The van der Waals surface area contributed by atoms with E-state index < -0.39 is 7.12 Å². The second-order valence-electron chi connectivity index (χ2n) is 4.38. The Morgan fingerprint density at radius 1 is 0.895 bits per heavy atom. The Balaban J connectivity index is 2.19. The molecule has 0 radical (unpaired) electrons. The molecule has 0 atom stereocenters. The Bertz CT molecular complexity index is 728. The number of benzene rings is 2. The van der Waals surface area contributed by atoms with Crippen molar-refractivity contribution >= 4 is 23.5 Å². The van der Waals surface area contributed by atoms with Crippen LogP contribution in [0.1, 0.15) is 0 Å². The minimum atomic E-state index is -1.48. The van der Waals surface area contributed by atoms with Crippen LogP contribution < -0.4 is 5.46 Å². The van der Waals surface area contributed by atoms with Crippen LogP contribution >= 0.6 is 0 Å². The SMILES string of the molecule is OB(O)c1ccccc1-c1cnc2ccccc2c1. The van der Waals surface area contributed by atoms with Crippen molar-refractivity contribution in [1.82, 2.24) is 4.98 Å². The van der Waals surface area contributed by atoms with E-state index in [0.717, 1.165) is 22.0 Å². The van der Waals surface area contributed by atoms with Crippen LogP contribution in [0.2, 0.25) is 0 Å². The fourth-order valence-corrected chi connectivity index (χ4v) is 2.20. The lowest BCUT2D eigenvalue weighted by Crippen LogP contribution is -2.31. The molecule has 2 N–H and O–H groups in total. The molecule has 0 saturated heterocycles. The first kappa shape index (κ1) is 11.9. The first-order valence-corrected chi connectivity index (χ1v) is 6.06. The maximum Gasteiger partial charge on any atom is 0.489 e. The summed E-state index contributed by atoms with van der Waals surface area (Å²) in [5, 5.41) is 19.9. The van der Waals surface area contributed by atoms with Crippen molar-refractivity contribution in [3.8, 4) is 11.1 Å². The summed E-state index contributed by atoms with van der Waals surface area (Å²) in [7, 11) is -1.48. The molecule has 4 heteroatoms. The van der Waals surface area contributed by atoms with Gasteiger partial charge in [-0.1, -0.05) is 42.5 Å². The van der Waals surface area contributed by atoms with Gasteiger partial charge in [-0.25, -0.2) is 0 Å². The maximum absolute atomic E-state index is 9.41. The highest BCUT2D eigenvalue weighted by molar-refractivity contribution is 6.60. The molecule has 0 fully saturated rings. The summed E-state index contributed by atoms with van der Waals surface area (Å²) in [4.78, 5) is 4.39. The third-order valence-corrected chi connectivity index (χ3v) is 3.14. The quantitative estimate of drug-likeness (QED) is 0.678. The minimum absolute atomic E-state index is 0.486. The second-order valence-corrected chi connectivity index (χ2v) is 4.38. The molecule has 0 amide bonds. The molecule has 0 aliphatic carbocycles. The molecule has 19 heavy (non-hydrogen) atoms. The van der Waals surface area contributed by atoms with Crippen LogP contribution in [-0.4, -0.2) is 22.2 Å². The van der Waals surface area contributed by atoms with E-state index in [1.165, 1.54) is 0 Å². The second kappa shape index (κ2) is 4.84. The highest BCUT2D eigenvalue weighted by atomic mass is 16.4. The Hall–Kier alpha value is -2.17. The maximum atomic E-state index is 9.41. The summed E-state index contributed by atoms with van der Waals surface area (Å²) in [5.74, 6) is 0. The highest BCUT2D eigenvalue weighted by Crippen LogP contribution is 2.21. The summed E-state index contributed by atoms with van der Waals surface area (Å²) >= 11 is 0. The van der Waals surface area contributed by atoms with Gasteiger partial charge in [0.25, 0.3) is 0 Å². The zero-order chi connectivity index (χ0) is 13.2. The van der Waals surface area contributed by atoms with E-state index in [2.05, 4.69) is 4.98 Å². The molecule has 3 aromatic rings. The molecular weight excluding hydrogens is 237 g/mol. The van der Waals surface area contributed by atoms with Crippen molar-refractivity contribution in [1.29, 1.82) is 0 Å². The Labute approximate surface area is 111 Å². The van der Waals surface area contributed by atoms with Crippen LogP contribution in [0.4, 0.5) is 0 Å². The number of hydrogen-bond donors (Lipinski definition) is 2. The predicted molar refractivity (Wildman–Crippen MR) is 77.0 cm³/mol. The van der Waals surface area contributed by atoms with Crippen molar-refractivity contribution in [3.63, 3.8) is 0 Å². The molecule has 0 unspecified atom stereocenters. The summed E-state index contributed by atoms with van der Waals surface area (Å²) in [5.41, 5.74) is 3.08. The van der Waals surface area contributed by atoms with Gasteiger partial charge in [-0.2, -0.15) is 0 Å². The molecule has 0 aliphatic rings. The number of rotatable bonds is 2. The van der Waals surface area contributed by atoms with Crippen LogP contribution in [0, 0.1) is 0 Å². The minimum Gasteiger partial charge on any atom is -0.423 e. The Morgan fingerprint density at radius 3 is 2.47 bits per heavy atom. The van der Waals surface area contributed by atoms with E-state index in [1.54, 1.807) is 18.3 Å². The standard InChI is InChI=1S/C15H12BNO2/c18-16(19)14-7-3-2-6-13(14)12-9-11-5-1-4-8-15(11)17-10-12/h1-10,18-19H. The molecule has 1 heterocycles. The number of pyridine rings is 1. The molecular formula is C15H12BNO2. The van der Waals surface area contributed by atoms with Crippen LogP contribution in [0.5, 0.6) is 0 Å². The van der Waals surface area contributed by atoms with Gasteiger partial charge in [-0.3, -0.25) is 4.98 Å². The lowest BCUT2D eigenvalue weighted by atomic mass is 9.75. The van der Waals surface area contributed by atoms with Crippen molar-refractivity contribution in [2.24, 2.45) is 0 Å². The van der Waals surface area contributed by atoms with Gasteiger partial charge in [0.05, 0.1) is 5.52 Å². The lowest BCUT2D eigenvalue weighted by Gasteiger charge is -2.09. The van der Waals surface area contributed by atoms with E-state index >= 15 is 0 Å². The molecule has 0 bridgehead atoms. The van der Waals surface area contributed by atoms with Crippen LogP contribution in [0.3, 0.4) is 0 Å². The van der Waals surface area contributed by atoms with Gasteiger partial charge >= 0.3 is 7.12 Å². The van der Waals surface area contributed by atoms with Crippen LogP contribution in [0.15, 0.2) is 60.8 Å². The lowest BCUT2D eigenvalue weighted by molar-refractivity contribution is 0.426. The molecule has 1 aromatic heterocycles. The highest BCUT2D eigenvalue weighted by Gasteiger charge is 2.16. The van der Waals surface area contributed by atoms with E-state index in [0.29, 0.717) is 5.46 Å². The average molecular weight is 249 g/mol. The smallest absolute Gasteiger partial charge is 0.423 e. The predicted octanol–water partition coefficient (Wildman–Crippen LogP) is 1.58. The average Bonchev–Trinajstić information content (AvgIpc) is 2.46. The van der Waals surface area contributed by atoms with E-state index in [4.69, 9.17) is 0 Å². The Kier molecular flexibility index (Phi) is 3.03. The first-order chi connectivity index (χ1) is 9.25. The van der Waals surface area contributed by atoms with Gasteiger partial charge in [0, 0.05) is 17.1 Å². The van der Waals surface area contributed by atoms with Crippen molar-refractivity contribution in [3.05, 3.63) is 60.8 Å². The van der Waals surface area contributed by atoms with E-state index in [1.807, 2.05) is 42.5 Å². The first-order valence-electron chi connectivity index (χ1n) is 6.06.